The van der Waals surface area contributed by atoms with Crippen molar-refractivity contribution in [2.24, 2.45) is 0 Å². The smallest absolute Gasteiger partial charge is 0.264 e. The topological polar surface area (TPSA) is 16.3 Å². The van der Waals surface area contributed by atoms with Gasteiger partial charge in [-0.3, -0.25) is 9.13 Å². The summed E-state index contributed by atoms with van der Waals surface area (Å²) in [6, 6.07) is 11.8. The monoisotopic (exact) mass is 330 g/mol. The second-order valence-corrected chi connectivity index (χ2v) is 8.94. The van der Waals surface area contributed by atoms with Crippen LogP contribution in [0.4, 0.5) is 0 Å². The van der Waals surface area contributed by atoms with E-state index in [1.165, 1.54) is 44.2 Å². The number of aromatic nitrogens is 2. The van der Waals surface area contributed by atoms with Crippen LogP contribution in [-0.2, 0) is 31.6 Å². The molecule has 6 aliphatic rings. The molecule has 0 N–H and O–H groups in total. The predicted octanol–water partition coefficient (Wildman–Crippen LogP) is 2.42. The first-order chi connectivity index (χ1) is 12.4. The summed E-state index contributed by atoms with van der Waals surface area (Å²) >= 11 is 0. The van der Waals surface area contributed by atoms with E-state index in [9.17, 15) is 0 Å². The van der Waals surface area contributed by atoms with Gasteiger partial charge in [0.05, 0.1) is 0 Å². The third kappa shape index (κ3) is 1.09. The summed E-state index contributed by atoms with van der Waals surface area (Å²) in [5.74, 6) is -0.103. The second kappa shape index (κ2) is 3.61. The molecule has 4 unspecified atom stereocenters. The van der Waals surface area contributed by atoms with Crippen molar-refractivity contribution in [3.63, 3.8) is 0 Å². The van der Waals surface area contributed by atoms with Crippen molar-refractivity contribution < 1.29 is 0 Å². The molecule has 0 aliphatic carbocycles. The minimum atomic E-state index is -0.103. The maximum Gasteiger partial charge on any atom is 0.264 e. The molecule has 1 saturated heterocycles. The minimum Gasteiger partial charge on any atom is -0.318 e. The zero-order chi connectivity index (χ0) is 15.9. The number of nitrogens with zero attached hydrogens (tertiary/aromatic N) is 4. The van der Waals surface area contributed by atoms with Crippen LogP contribution in [0.2, 0.25) is 0 Å². The van der Waals surface area contributed by atoms with E-state index in [0.717, 1.165) is 6.42 Å². The van der Waals surface area contributed by atoms with Crippen molar-refractivity contribution in [2.45, 2.75) is 69.0 Å². The molecule has 1 fully saturated rings. The molecule has 2 aromatic heterocycles. The molecule has 0 amide bonds. The van der Waals surface area contributed by atoms with E-state index < -0.39 is 0 Å². The first-order valence-electron chi connectivity index (χ1n) is 10.0. The van der Waals surface area contributed by atoms with E-state index in [4.69, 9.17) is 0 Å². The summed E-state index contributed by atoms with van der Waals surface area (Å²) in [5.41, 5.74) is 7.80. The second-order valence-electron chi connectivity index (χ2n) is 8.94. The summed E-state index contributed by atoms with van der Waals surface area (Å²) < 4.78 is 5.51. The largest absolute Gasteiger partial charge is 0.318 e. The molecule has 0 radical (unpaired) electrons. The Hall–Kier alpha value is -1.94. The van der Waals surface area contributed by atoms with Crippen molar-refractivity contribution in [3.05, 3.63) is 58.8 Å². The summed E-state index contributed by atoms with van der Waals surface area (Å²) in [6.07, 6.45) is 11.3. The van der Waals surface area contributed by atoms with Gasteiger partial charge in [-0.15, -0.1) is 0 Å². The van der Waals surface area contributed by atoms with Crippen LogP contribution in [0.25, 0.3) is 0 Å². The third-order valence-corrected chi connectivity index (χ3v) is 7.97. The maximum absolute atomic E-state index is 2.95. The van der Waals surface area contributed by atoms with E-state index in [-0.39, 0.29) is 5.91 Å². The molecule has 8 rings (SSSR count). The van der Waals surface area contributed by atoms with Crippen molar-refractivity contribution in [2.75, 3.05) is 0 Å². The van der Waals surface area contributed by atoms with Gasteiger partial charge in [-0.25, -0.2) is 4.90 Å². The van der Waals surface area contributed by atoms with Crippen LogP contribution in [0.3, 0.4) is 0 Å². The maximum atomic E-state index is 2.95. The van der Waals surface area contributed by atoms with Gasteiger partial charge in [0.1, 0.15) is 0 Å². The summed E-state index contributed by atoms with van der Waals surface area (Å²) in [7, 11) is 0. The fourth-order valence-corrected chi connectivity index (χ4v) is 7.35. The molecule has 4 atom stereocenters. The Morgan fingerprint density at radius 1 is 0.760 bits per heavy atom. The van der Waals surface area contributed by atoms with E-state index in [1.807, 2.05) is 0 Å². The fourth-order valence-electron chi connectivity index (χ4n) is 7.35. The van der Waals surface area contributed by atoms with Crippen molar-refractivity contribution in [1.82, 2.24) is 18.9 Å². The van der Waals surface area contributed by atoms with Crippen LogP contribution in [0.1, 0.15) is 42.0 Å². The molecular formula is C21H22N4. The lowest BCUT2D eigenvalue weighted by Crippen LogP contribution is -2.77. The zero-order valence-electron chi connectivity index (χ0n) is 14.4. The molecule has 4 nitrogen and oxygen atoms in total. The molecule has 1 spiro atoms. The van der Waals surface area contributed by atoms with Crippen molar-refractivity contribution >= 4 is 0 Å². The molecule has 8 heterocycles. The lowest BCUT2D eigenvalue weighted by atomic mass is 9.96. The summed E-state index contributed by atoms with van der Waals surface area (Å²) in [5, 5.41) is 0. The van der Waals surface area contributed by atoms with Crippen LogP contribution in [0, 0.1) is 0 Å². The molecule has 0 bridgehead atoms. The van der Waals surface area contributed by atoms with Crippen LogP contribution < -0.4 is 0 Å². The lowest BCUT2D eigenvalue weighted by molar-refractivity contribution is -0.207. The average molecular weight is 330 g/mol. The number of rotatable bonds is 0. The number of hydrogen-bond acceptors (Lipinski definition) is 2. The SMILES string of the molecule is C1=C2Cc3ccc4n3C35N2C(C1)Cc1ccc(n13)CC1CCC(C4)N15. The van der Waals surface area contributed by atoms with Gasteiger partial charge in [-0.1, -0.05) is 6.08 Å². The molecule has 0 saturated carbocycles. The summed E-state index contributed by atoms with van der Waals surface area (Å²) in [6.45, 7) is 0. The minimum absolute atomic E-state index is 0.103. The Labute approximate surface area is 147 Å². The Morgan fingerprint density at radius 3 is 2.08 bits per heavy atom. The Balaban J connectivity index is 1.60. The van der Waals surface area contributed by atoms with Gasteiger partial charge < -0.3 is 4.90 Å². The van der Waals surface area contributed by atoms with Gasteiger partial charge in [-0.2, -0.15) is 0 Å². The highest BCUT2D eigenvalue weighted by Gasteiger charge is 2.65. The molecule has 4 heteroatoms. The van der Waals surface area contributed by atoms with E-state index in [2.05, 4.69) is 49.3 Å². The van der Waals surface area contributed by atoms with Crippen molar-refractivity contribution in [1.29, 1.82) is 0 Å². The standard InChI is InChI=1S/C21H22N4/c1-2-14-10-16-5-6-18-12-20-8-7-19-11-17-4-3-15-9-13(1)22(14)21(23(15)17,24(16)18)25(19)20/h1-3,7-8,16-18H,4-6,9-12H2. The molecule has 0 aromatic carbocycles. The first kappa shape index (κ1) is 12.4. The zero-order valence-corrected chi connectivity index (χ0v) is 14.4. The summed E-state index contributed by atoms with van der Waals surface area (Å²) in [4.78, 5) is 5.80. The Morgan fingerprint density at radius 2 is 1.36 bits per heavy atom. The van der Waals surface area contributed by atoms with Gasteiger partial charge in [0.25, 0.3) is 5.91 Å². The van der Waals surface area contributed by atoms with E-state index in [0.29, 0.717) is 18.1 Å². The van der Waals surface area contributed by atoms with Gasteiger partial charge in [0.15, 0.2) is 0 Å². The number of hydrogen-bond donors (Lipinski definition) is 0. The normalized spacial score (nSPS) is 38.6. The Kier molecular flexibility index (Phi) is 1.79. The first-order valence-corrected chi connectivity index (χ1v) is 10.0. The molecule has 25 heavy (non-hydrogen) atoms. The van der Waals surface area contributed by atoms with E-state index in [1.54, 1.807) is 22.8 Å². The van der Waals surface area contributed by atoms with Crippen LogP contribution in [-0.4, -0.2) is 37.1 Å². The quantitative estimate of drug-likeness (QED) is 0.738. The van der Waals surface area contributed by atoms with Gasteiger partial charge >= 0.3 is 0 Å². The third-order valence-electron chi connectivity index (χ3n) is 7.97. The van der Waals surface area contributed by atoms with Gasteiger partial charge in [0, 0.05) is 72.3 Å². The lowest BCUT2D eigenvalue weighted by Gasteiger charge is -2.65. The molecule has 126 valence electrons. The van der Waals surface area contributed by atoms with Crippen LogP contribution >= 0.6 is 0 Å². The highest BCUT2D eigenvalue weighted by atomic mass is 15.7. The highest BCUT2D eigenvalue weighted by molar-refractivity contribution is 5.40. The molecule has 6 aliphatic heterocycles. The predicted molar refractivity (Wildman–Crippen MR) is 94.0 cm³/mol. The van der Waals surface area contributed by atoms with Crippen molar-refractivity contribution in [3.8, 4) is 0 Å². The average Bonchev–Trinajstić information content (AvgIpc) is 3.38. The number of allylic oxidation sites excluding steroid dienone is 1. The fraction of sp³-hybridized carbons (Fsp3) is 0.524. The van der Waals surface area contributed by atoms with Gasteiger partial charge in [-0.05, 0) is 43.5 Å². The van der Waals surface area contributed by atoms with Crippen LogP contribution in [0.5, 0.6) is 0 Å². The highest BCUT2D eigenvalue weighted by Crippen LogP contribution is 2.56. The van der Waals surface area contributed by atoms with E-state index >= 15 is 0 Å². The van der Waals surface area contributed by atoms with Gasteiger partial charge in [0.2, 0.25) is 0 Å². The van der Waals surface area contributed by atoms with Crippen LogP contribution in [0.15, 0.2) is 36.0 Å². The molecule has 2 aromatic rings. The Bertz CT molecular complexity index is 988. The molecular weight excluding hydrogens is 308 g/mol.